The van der Waals surface area contributed by atoms with Gasteiger partial charge in [0, 0.05) is 18.5 Å². The lowest BCUT2D eigenvalue weighted by Crippen LogP contribution is -2.29. The monoisotopic (exact) mass is 279 g/mol. The topological polar surface area (TPSA) is 46.1 Å². The highest BCUT2D eigenvalue weighted by molar-refractivity contribution is 6.19. The van der Waals surface area contributed by atoms with Gasteiger partial charge in [-0.05, 0) is 43.9 Å². The number of aromatic nitrogens is 2. The zero-order chi connectivity index (χ0) is 14.4. The highest BCUT2D eigenvalue weighted by atomic mass is 16.1. The molecule has 0 spiro atoms. The van der Waals surface area contributed by atoms with Crippen molar-refractivity contribution in [3.8, 4) is 0 Å². The Labute approximate surface area is 123 Å². The van der Waals surface area contributed by atoms with E-state index in [9.17, 15) is 4.79 Å². The van der Waals surface area contributed by atoms with Crippen molar-refractivity contribution in [2.24, 2.45) is 0 Å². The maximum atomic E-state index is 12.1. The minimum absolute atomic E-state index is 0.0196. The van der Waals surface area contributed by atoms with Crippen LogP contribution in [0.1, 0.15) is 41.1 Å². The molecule has 4 nitrogen and oxygen atoms in total. The van der Waals surface area contributed by atoms with Gasteiger partial charge in [-0.15, -0.1) is 0 Å². The Kier molecular flexibility index (Phi) is 2.77. The third-order valence-electron chi connectivity index (χ3n) is 4.32. The summed E-state index contributed by atoms with van der Waals surface area (Å²) in [5, 5.41) is 0.913. The van der Waals surface area contributed by atoms with Gasteiger partial charge in [-0.1, -0.05) is 12.1 Å². The van der Waals surface area contributed by atoms with Gasteiger partial charge in [-0.2, -0.15) is 0 Å². The number of anilines is 1. The van der Waals surface area contributed by atoms with Crippen LogP contribution in [0.2, 0.25) is 0 Å². The van der Waals surface area contributed by atoms with Crippen LogP contribution in [0.25, 0.3) is 17.0 Å². The summed E-state index contributed by atoms with van der Waals surface area (Å²) in [5.74, 6) is 0.644. The van der Waals surface area contributed by atoms with Crippen molar-refractivity contribution >= 4 is 28.4 Å². The Bertz CT molecular complexity index is 773. The van der Waals surface area contributed by atoms with E-state index in [-0.39, 0.29) is 5.78 Å². The Balaban J connectivity index is 2.00. The fourth-order valence-electron chi connectivity index (χ4n) is 3.31. The summed E-state index contributed by atoms with van der Waals surface area (Å²) < 4.78 is 0. The van der Waals surface area contributed by atoms with Crippen LogP contribution in [-0.2, 0) is 0 Å². The van der Waals surface area contributed by atoms with E-state index in [1.54, 1.807) is 6.08 Å². The predicted octanol–water partition coefficient (Wildman–Crippen LogP) is 3.14. The van der Waals surface area contributed by atoms with E-state index >= 15 is 0 Å². The number of nitrogens with zero attached hydrogens (tertiary/aromatic N) is 3. The number of hydrogen-bond donors (Lipinski definition) is 0. The standard InChI is InChI=1S/C17H17N3O/c1-11-18-16-13(20-9-3-2-4-10-20)7-5-12-6-8-14(21)17(19-11)15(12)16/h5-8H,2-4,9-10H2,1H3. The second-order valence-electron chi connectivity index (χ2n) is 5.76. The molecule has 0 amide bonds. The van der Waals surface area contributed by atoms with Crippen LogP contribution in [0.4, 0.5) is 5.69 Å². The second-order valence-corrected chi connectivity index (χ2v) is 5.76. The zero-order valence-electron chi connectivity index (χ0n) is 12.1. The number of aryl methyl sites for hydroxylation is 1. The number of carbonyl (C=O) groups excluding carboxylic acids is 1. The molecule has 0 unspecified atom stereocenters. The van der Waals surface area contributed by atoms with Crippen LogP contribution in [0.3, 0.4) is 0 Å². The number of benzene rings is 1. The van der Waals surface area contributed by atoms with Crippen LogP contribution in [0, 0.1) is 6.92 Å². The Hall–Kier alpha value is -2.23. The molecule has 2 aliphatic rings. The normalized spacial score (nSPS) is 17.6. The molecule has 1 aliphatic carbocycles. The van der Waals surface area contributed by atoms with Crippen molar-refractivity contribution in [1.82, 2.24) is 9.97 Å². The molecule has 1 saturated heterocycles. The van der Waals surface area contributed by atoms with Crippen LogP contribution >= 0.6 is 0 Å². The van der Waals surface area contributed by atoms with Gasteiger partial charge in [0.2, 0.25) is 5.78 Å². The molecule has 0 N–H and O–H groups in total. The smallest absolute Gasteiger partial charge is 0.204 e. The molecule has 1 aromatic carbocycles. The number of allylic oxidation sites excluding steroid dienone is 1. The van der Waals surface area contributed by atoms with E-state index in [4.69, 9.17) is 0 Å². The molecule has 1 fully saturated rings. The van der Waals surface area contributed by atoms with Gasteiger partial charge >= 0.3 is 0 Å². The van der Waals surface area contributed by atoms with E-state index in [0.717, 1.165) is 35.2 Å². The van der Waals surface area contributed by atoms with Crippen molar-refractivity contribution < 1.29 is 4.79 Å². The average Bonchev–Trinajstić information content (AvgIpc) is 2.51. The predicted molar refractivity (Wildman–Crippen MR) is 83.7 cm³/mol. The minimum atomic E-state index is -0.0196. The van der Waals surface area contributed by atoms with Crippen molar-refractivity contribution in [3.63, 3.8) is 0 Å². The zero-order valence-corrected chi connectivity index (χ0v) is 12.1. The molecule has 2 heterocycles. The van der Waals surface area contributed by atoms with Crippen LogP contribution in [0.5, 0.6) is 0 Å². The first-order chi connectivity index (χ1) is 10.2. The van der Waals surface area contributed by atoms with Gasteiger partial charge in [-0.3, -0.25) is 4.79 Å². The van der Waals surface area contributed by atoms with Crippen LogP contribution < -0.4 is 4.90 Å². The third-order valence-corrected chi connectivity index (χ3v) is 4.32. The van der Waals surface area contributed by atoms with Crippen molar-refractivity contribution in [2.75, 3.05) is 18.0 Å². The largest absolute Gasteiger partial charge is 0.370 e. The Morgan fingerprint density at radius 2 is 1.86 bits per heavy atom. The summed E-state index contributed by atoms with van der Waals surface area (Å²) in [6.07, 6.45) is 7.21. The average molecular weight is 279 g/mol. The van der Waals surface area contributed by atoms with Crippen molar-refractivity contribution in [2.45, 2.75) is 26.2 Å². The lowest BCUT2D eigenvalue weighted by molar-refractivity contribution is 0.104. The first-order valence-electron chi connectivity index (χ1n) is 7.53. The molecule has 106 valence electrons. The fraction of sp³-hybridized carbons (Fsp3) is 0.353. The number of carbonyl (C=O) groups is 1. The molecule has 0 saturated carbocycles. The van der Waals surface area contributed by atoms with Crippen molar-refractivity contribution in [3.05, 3.63) is 35.3 Å². The van der Waals surface area contributed by atoms with Crippen molar-refractivity contribution in [1.29, 1.82) is 0 Å². The number of hydrogen-bond acceptors (Lipinski definition) is 4. The van der Waals surface area contributed by atoms with E-state index in [1.807, 2.05) is 13.0 Å². The summed E-state index contributed by atoms with van der Waals surface area (Å²) in [4.78, 5) is 23.5. The van der Waals surface area contributed by atoms with Gasteiger partial charge in [0.15, 0.2) is 0 Å². The van der Waals surface area contributed by atoms with E-state index in [2.05, 4.69) is 27.0 Å². The lowest BCUT2D eigenvalue weighted by atomic mass is 9.97. The molecule has 0 atom stereocenters. The molecular weight excluding hydrogens is 262 g/mol. The first kappa shape index (κ1) is 12.5. The molecule has 4 rings (SSSR count). The Morgan fingerprint density at radius 3 is 2.67 bits per heavy atom. The third kappa shape index (κ3) is 1.94. The van der Waals surface area contributed by atoms with Crippen LogP contribution in [-0.4, -0.2) is 28.8 Å². The van der Waals surface area contributed by atoms with E-state index in [0.29, 0.717) is 11.5 Å². The highest BCUT2D eigenvalue weighted by Gasteiger charge is 2.22. The van der Waals surface area contributed by atoms with Gasteiger partial charge in [0.25, 0.3) is 0 Å². The molecule has 21 heavy (non-hydrogen) atoms. The highest BCUT2D eigenvalue weighted by Crippen LogP contribution is 2.34. The van der Waals surface area contributed by atoms with Gasteiger partial charge in [-0.25, -0.2) is 9.97 Å². The molecule has 2 aromatic rings. The molecule has 0 bridgehead atoms. The fourth-order valence-corrected chi connectivity index (χ4v) is 3.31. The number of rotatable bonds is 1. The molecule has 4 heteroatoms. The second kappa shape index (κ2) is 4.65. The summed E-state index contributed by atoms with van der Waals surface area (Å²) in [7, 11) is 0. The Morgan fingerprint density at radius 1 is 1.05 bits per heavy atom. The molecular formula is C17H17N3O. The summed E-state index contributed by atoms with van der Waals surface area (Å²) in [6.45, 7) is 3.99. The van der Waals surface area contributed by atoms with Gasteiger partial charge in [0.05, 0.1) is 11.2 Å². The lowest BCUT2D eigenvalue weighted by Gasteiger charge is -2.30. The number of piperidine rings is 1. The van der Waals surface area contributed by atoms with Gasteiger partial charge in [0.1, 0.15) is 11.5 Å². The van der Waals surface area contributed by atoms with Crippen LogP contribution in [0.15, 0.2) is 18.2 Å². The van der Waals surface area contributed by atoms with Gasteiger partial charge < -0.3 is 4.90 Å². The number of ketones is 1. The maximum absolute atomic E-state index is 12.1. The van der Waals surface area contributed by atoms with E-state index < -0.39 is 0 Å². The minimum Gasteiger partial charge on any atom is -0.370 e. The molecule has 1 aromatic heterocycles. The quantitative estimate of drug-likeness (QED) is 0.804. The maximum Gasteiger partial charge on any atom is 0.204 e. The SMILES string of the molecule is Cc1nc2c3c(ccc(N4CCCCC4)c3n1)C=CC2=O. The molecule has 0 radical (unpaired) electrons. The summed E-state index contributed by atoms with van der Waals surface area (Å²) in [5.41, 5.74) is 3.66. The first-order valence-corrected chi connectivity index (χ1v) is 7.53. The van der Waals surface area contributed by atoms with E-state index in [1.165, 1.54) is 19.3 Å². The molecule has 1 aliphatic heterocycles. The summed E-state index contributed by atoms with van der Waals surface area (Å²) >= 11 is 0. The summed E-state index contributed by atoms with van der Waals surface area (Å²) in [6, 6.07) is 4.22.